The Balaban J connectivity index is 1.17. The van der Waals surface area contributed by atoms with Crippen LogP contribution in [0.15, 0.2) is 170 Å². The molecule has 2 heterocycles. The largest absolute Gasteiger partial charge is 0.309 e. The van der Waals surface area contributed by atoms with Crippen molar-refractivity contribution < 1.29 is 0 Å². The van der Waals surface area contributed by atoms with Gasteiger partial charge in [-0.3, -0.25) is 0 Å². The minimum Gasteiger partial charge on any atom is -0.309 e. The molecule has 0 unspecified atom stereocenters. The van der Waals surface area contributed by atoms with Crippen LogP contribution < -0.4 is 4.90 Å². The van der Waals surface area contributed by atoms with E-state index in [-0.39, 0.29) is 5.41 Å². The van der Waals surface area contributed by atoms with E-state index in [9.17, 15) is 0 Å². The highest BCUT2D eigenvalue weighted by Crippen LogP contribution is 2.56. The van der Waals surface area contributed by atoms with E-state index in [1.54, 1.807) is 0 Å². The Morgan fingerprint density at radius 1 is 0.481 bits per heavy atom. The molecule has 0 amide bonds. The van der Waals surface area contributed by atoms with Crippen LogP contribution >= 0.6 is 11.3 Å². The van der Waals surface area contributed by atoms with Crippen molar-refractivity contribution in [2.75, 3.05) is 4.90 Å². The van der Waals surface area contributed by atoms with E-state index in [2.05, 4.69) is 193 Å². The van der Waals surface area contributed by atoms with Gasteiger partial charge in [0, 0.05) is 48.4 Å². The SMILES string of the molecule is CC1(C)c2cc(-n3c4ccccc4c4ccccc43)ccc2-c2c1cc(N(c1ccccc1)c1cccc3c1sc1ccccc13)c1ccccc21. The predicted molar refractivity (Wildman–Crippen MR) is 223 cm³/mol. The summed E-state index contributed by atoms with van der Waals surface area (Å²) >= 11 is 1.88. The summed E-state index contributed by atoms with van der Waals surface area (Å²) in [6.45, 7) is 4.82. The van der Waals surface area contributed by atoms with E-state index >= 15 is 0 Å². The first-order chi connectivity index (χ1) is 25.6. The van der Waals surface area contributed by atoms with Crippen molar-refractivity contribution in [2.45, 2.75) is 19.3 Å². The summed E-state index contributed by atoms with van der Waals surface area (Å²) < 4.78 is 5.05. The molecule has 3 heteroatoms. The van der Waals surface area contributed by atoms with Crippen LogP contribution in [0.1, 0.15) is 25.0 Å². The fraction of sp³-hybridized carbons (Fsp3) is 0.0612. The van der Waals surface area contributed by atoms with Crippen molar-refractivity contribution in [3.05, 3.63) is 181 Å². The Morgan fingerprint density at radius 2 is 1.10 bits per heavy atom. The maximum atomic E-state index is 2.50. The molecule has 0 saturated carbocycles. The average Bonchev–Trinajstić information content (AvgIpc) is 3.81. The number of anilines is 3. The van der Waals surface area contributed by atoms with E-state index < -0.39 is 0 Å². The van der Waals surface area contributed by atoms with Gasteiger partial charge in [-0.2, -0.15) is 0 Å². The highest BCUT2D eigenvalue weighted by molar-refractivity contribution is 7.26. The van der Waals surface area contributed by atoms with Crippen LogP contribution in [0, 0.1) is 0 Å². The van der Waals surface area contributed by atoms with E-state index in [1.807, 2.05) is 11.3 Å². The minimum absolute atomic E-state index is 0.232. The third-order valence-corrected chi connectivity index (χ3v) is 12.6. The molecule has 2 aromatic heterocycles. The van der Waals surface area contributed by atoms with Crippen molar-refractivity contribution in [1.82, 2.24) is 4.57 Å². The Kier molecular flexibility index (Phi) is 6.21. The molecular weight excluding hydrogens is 649 g/mol. The molecule has 246 valence electrons. The Labute approximate surface area is 306 Å². The molecule has 8 aromatic carbocycles. The van der Waals surface area contributed by atoms with Crippen LogP contribution in [-0.4, -0.2) is 4.57 Å². The second-order valence-electron chi connectivity index (χ2n) is 14.5. The molecular formula is C49H34N2S. The molecule has 11 rings (SSSR count). The Bertz CT molecular complexity index is 3000. The molecule has 0 radical (unpaired) electrons. The lowest BCUT2D eigenvalue weighted by atomic mass is 9.81. The molecule has 1 aliphatic carbocycles. The third kappa shape index (κ3) is 4.06. The van der Waals surface area contributed by atoms with Gasteiger partial charge in [0.05, 0.1) is 27.1 Å². The van der Waals surface area contributed by atoms with E-state index in [1.165, 1.54) is 92.1 Å². The Hall–Kier alpha value is -6.16. The van der Waals surface area contributed by atoms with Gasteiger partial charge in [-0.1, -0.05) is 129 Å². The lowest BCUT2D eigenvalue weighted by molar-refractivity contribution is 0.660. The molecule has 52 heavy (non-hydrogen) atoms. The topological polar surface area (TPSA) is 8.17 Å². The summed E-state index contributed by atoms with van der Waals surface area (Å²) in [6.07, 6.45) is 0. The summed E-state index contributed by atoms with van der Waals surface area (Å²) in [5, 5.41) is 7.72. The number of nitrogens with zero attached hydrogens (tertiary/aromatic N) is 2. The fourth-order valence-corrected chi connectivity index (χ4v) is 10.2. The summed E-state index contributed by atoms with van der Waals surface area (Å²) in [6, 6.07) is 62.7. The molecule has 2 nitrogen and oxygen atoms in total. The van der Waals surface area contributed by atoms with Crippen LogP contribution in [0.3, 0.4) is 0 Å². The predicted octanol–water partition coefficient (Wildman–Crippen LogP) is 14.1. The average molecular weight is 683 g/mol. The smallest absolute Gasteiger partial charge is 0.0640 e. The van der Waals surface area contributed by atoms with Gasteiger partial charge < -0.3 is 9.47 Å². The van der Waals surface area contributed by atoms with Crippen molar-refractivity contribution in [1.29, 1.82) is 0 Å². The second-order valence-corrected chi connectivity index (χ2v) is 15.6. The summed E-state index contributed by atoms with van der Waals surface area (Å²) in [4.78, 5) is 2.50. The van der Waals surface area contributed by atoms with Crippen molar-refractivity contribution in [2.24, 2.45) is 0 Å². The first kappa shape index (κ1) is 29.6. The number of rotatable bonds is 4. The van der Waals surface area contributed by atoms with Gasteiger partial charge in [0.25, 0.3) is 0 Å². The number of para-hydroxylation sites is 3. The standard InChI is InChI=1S/C49H34N2S/c1-49(2)40-29-32(51-42-23-11-8-17-33(42)34-18-9-12-24-43(34)51)27-28-39(40)47-37-21-7-6-19-35(37)45(30-41(47)49)50(31-15-4-3-5-16-31)44-25-14-22-38-36-20-10-13-26-46(36)52-48(38)44/h3-30H,1-2H3. The van der Waals surface area contributed by atoms with E-state index in [4.69, 9.17) is 0 Å². The van der Waals surface area contributed by atoms with Crippen molar-refractivity contribution >= 4 is 81.1 Å². The molecule has 0 saturated heterocycles. The molecule has 0 N–H and O–H groups in total. The van der Waals surface area contributed by atoms with Gasteiger partial charge in [-0.25, -0.2) is 0 Å². The fourth-order valence-electron chi connectivity index (χ4n) is 8.97. The number of aromatic nitrogens is 1. The molecule has 0 atom stereocenters. The van der Waals surface area contributed by atoms with Gasteiger partial charge in [0.1, 0.15) is 0 Å². The second kappa shape index (κ2) is 10.9. The number of benzene rings is 8. The molecule has 0 aliphatic heterocycles. The zero-order chi connectivity index (χ0) is 34.6. The molecule has 0 bridgehead atoms. The third-order valence-electron chi connectivity index (χ3n) is 11.4. The van der Waals surface area contributed by atoms with Gasteiger partial charge in [0.2, 0.25) is 0 Å². The maximum absolute atomic E-state index is 2.50. The van der Waals surface area contributed by atoms with Gasteiger partial charge in [0.15, 0.2) is 0 Å². The normalized spacial score (nSPS) is 13.3. The maximum Gasteiger partial charge on any atom is 0.0640 e. The first-order valence-electron chi connectivity index (χ1n) is 18.0. The minimum atomic E-state index is -0.232. The first-order valence-corrected chi connectivity index (χ1v) is 18.8. The monoisotopic (exact) mass is 682 g/mol. The van der Waals surface area contributed by atoms with Crippen LogP contribution in [-0.2, 0) is 5.41 Å². The van der Waals surface area contributed by atoms with Crippen molar-refractivity contribution in [3.63, 3.8) is 0 Å². The van der Waals surface area contributed by atoms with E-state index in [0.29, 0.717) is 0 Å². The zero-order valence-electron chi connectivity index (χ0n) is 29.0. The van der Waals surface area contributed by atoms with Gasteiger partial charge in [-0.05, 0) is 82.2 Å². The lowest BCUT2D eigenvalue weighted by Gasteiger charge is -2.30. The Morgan fingerprint density at radius 3 is 1.85 bits per heavy atom. The summed E-state index contributed by atoms with van der Waals surface area (Å²) in [7, 11) is 0. The molecule has 0 spiro atoms. The van der Waals surface area contributed by atoms with Crippen molar-refractivity contribution in [3.8, 4) is 16.8 Å². The highest BCUT2D eigenvalue weighted by atomic mass is 32.1. The number of hydrogen-bond donors (Lipinski definition) is 0. The van der Waals surface area contributed by atoms with Crippen LogP contribution in [0.5, 0.6) is 0 Å². The lowest BCUT2D eigenvalue weighted by Crippen LogP contribution is -2.17. The quantitative estimate of drug-likeness (QED) is 0.179. The van der Waals surface area contributed by atoms with E-state index in [0.717, 1.165) is 5.69 Å². The molecule has 0 fully saturated rings. The summed E-state index contributed by atoms with van der Waals surface area (Å²) in [5.74, 6) is 0. The molecule has 1 aliphatic rings. The molecule has 10 aromatic rings. The number of thiophene rings is 1. The van der Waals surface area contributed by atoms with Crippen LogP contribution in [0.25, 0.3) is 69.6 Å². The van der Waals surface area contributed by atoms with Crippen LogP contribution in [0.4, 0.5) is 17.1 Å². The highest BCUT2D eigenvalue weighted by Gasteiger charge is 2.38. The number of fused-ring (bicyclic) bond motifs is 11. The summed E-state index contributed by atoms with van der Waals surface area (Å²) in [5.41, 5.74) is 12.4. The van der Waals surface area contributed by atoms with Gasteiger partial charge >= 0.3 is 0 Å². The van der Waals surface area contributed by atoms with Crippen LogP contribution in [0.2, 0.25) is 0 Å². The van der Waals surface area contributed by atoms with Gasteiger partial charge in [-0.15, -0.1) is 11.3 Å². The zero-order valence-corrected chi connectivity index (χ0v) is 29.8. The number of hydrogen-bond acceptors (Lipinski definition) is 2.